The molecule has 2 aromatic rings. The molecule has 0 atom stereocenters. The number of hydrogen-bond acceptors (Lipinski definition) is 4. The average Bonchev–Trinajstić information content (AvgIpc) is 2.34. The number of anilines is 1. The van der Waals surface area contributed by atoms with Gasteiger partial charge in [-0.2, -0.15) is 5.10 Å². The fourth-order valence-corrected chi connectivity index (χ4v) is 1.60. The van der Waals surface area contributed by atoms with E-state index in [4.69, 9.17) is 22.1 Å². The fraction of sp³-hybridized carbons (Fsp3) is 0.167. The van der Waals surface area contributed by atoms with Gasteiger partial charge in [0.2, 0.25) is 0 Å². The minimum Gasteiger partial charge on any atom is -0.497 e. The van der Waals surface area contributed by atoms with Crippen molar-refractivity contribution in [2.24, 2.45) is 0 Å². The number of methoxy groups -OCH3 is 1. The molecular weight excluding hydrogens is 238 g/mol. The maximum atomic E-state index is 5.71. The maximum Gasteiger partial charge on any atom is 0.174 e. The lowest BCUT2D eigenvalue weighted by Crippen LogP contribution is -1.99. The molecule has 0 saturated heterocycles. The molecule has 0 unspecified atom stereocenters. The number of ether oxygens (including phenoxy) is 1. The first kappa shape index (κ1) is 11.7. The van der Waals surface area contributed by atoms with Crippen LogP contribution in [0.5, 0.6) is 5.75 Å². The first-order chi connectivity index (χ1) is 8.19. The van der Waals surface area contributed by atoms with E-state index in [1.54, 1.807) is 13.2 Å². The van der Waals surface area contributed by atoms with Gasteiger partial charge in [0.25, 0.3) is 0 Å². The van der Waals surface area contributed by atoms with Crippen LogP contribution in [0.1, 0.15) is 11.3 Å². The number of nitrogens with zero attached hydrogens (tertiary/aromatic N) is 2. The van der Waals surface area contributed by atoms with Crippen molar-refractivity contribution in [2.45, 2.75) is 6.42 Å². The molecule has 17 heavy (non-hydrogen) atoms. The highest BCUT2D eigenvalue weighted by Gasteiger charge is 2.03. The van der Waals surface area contributed by atoms with E-state index in [9.17, 15) is 0 Å². The Morgan fingerprint density at radius 3 is 2.82 bits per heavy atom. The molecule has 0 saturated carbocycles. The van der Waals surface area contributed by atoms with Gasteiger partial charge in [-0.25, -0.2) is 0 Å². The molecule has 0 aliphatic heterocycles. The van der Waals surface area contributed by atoms with Crippen molar-refractivity contribution in [2.75, 3.05) is 12.8 Å². The van der Waals surface area contributed by atoms with Crippen molar-refractivity contribution in [1.29, 1.82) is 0 Å². The molecule has 5 heteroatoms. The van der Waals surface area contributed by atoms with Crippen molar-refractivity contribution in [3.05, 3.63) is 46.7 Å². The Labute approximate surface area is 104 Å². The average molecular weight is 250 g/mol. The van der Waals surface area contributed by atoms with E-state index < -0.39 is 0 Å². The van der Waals surface area contributed by atoms with E-state index in [1.165, 1.54) is 0 Å². The first-order valence-corrected chi connectivity index (χ1v) is 5.47. The van der Waals surface area contributed by atoms with Crippen molar-refractivity contribution >= 4 is 17.3 Å². The van der Waals surface area contributed by atoms with Crippen LogP contribution in [0.3, 0.4) is 0 Å². The first-order valence-electron chi connectivity index (χ1n) is 5.09. The van der Waals surface area contributed by atoms with Gasteiger partial charge in [0.05, 0.1) is 18.5 Å². The monoisotopic (exact) mass is 249 g/mol. The molecule has 4 nitrogen and oxygen atoms in total. The van der Waals surface area contributed by atoms with Crippen LogP contribution in [-0.2, 0) is 6.42 Å². The van der Waals surface area contributed by atoms with Crippen LogP contribution in [0.25, 0.3) is 0 Å². The van der Waals surface area contributed by atoms with Gasteiger partial charge >= 0.3 is 0 Å². The van der Waals surface area contributed by atoms with Crippen molar-refractivity contribution in [3.63, 3.8) is 0 Å². The topological polar surface area (TPSA) is 61.0 Å². The second-order valence-corrected chi connectivity index (χ2v) is 3.97. The van der Waals surface area contributed by atoms with Gasteiger partial charge in [-0.3, -0.25) is 0 Å². The molecular formula is C12H12ClN3O. The molecule has 1 heterocycles. The highest BCUT2D eigenvalue weighted by Crippen LogP contribution is 2.18. The van der Waals surface area contributed by atoms with Crippen LogP contribution < -0.4 is 10.5 Å². The SMILES string of the molecule is COc1cccc(Cc2cc(N)c(Cl)nn2)c1. The van der Waals surface area contributed by atoms with Crippen LogP contribution in [0, 0.1) is 0 Å². The molecule has 88 valence electrons. The van der Waals surface area contributed by atoms with Gasteiger partial charge < -0.3 is 10.5 Å². The molecule has 0 aliphatic rings. The van der Waals surface area contributed by atoms with Gasteiger partial charge in [0.1, 0.15) is 5.75 Å². The van der Waals surface area contributed by atoms with E-state index in [0.717, 1.165) is 17.0 Å². The minimum atomic E-state index is 0.236. The molecule has 0 aliphatic carbocycles. The van der Waals surface area contributed by atoms with E-state index in [0.29, 0.717) is 12.1 Å². The normalized spacial score (nSPS) is 10.2. The number of nitrogen functional groups attached to an aromatic ring is 1. The molecule has 1 aromatic heterocycles. The van der Waals surface area contributed by atoms with Crippen LogP contribution in [0.2, 0.25) is 5.15 Å². The number of halogens is 1. The van der Waals surface area contributed by atoms with E-state index in [1.807, 2.05) is 24.3 Å². The van der Waals surface area contributed by atoms with Crippen LogP contribution in [0.4, 0.5) is 5.69 Å². The summed E-state index contributed by atoms with van der Waals surface area (Å²) in [5.74, 6) is 0.817. The lowest BCUT2D eigenvalue weighted by Gasteiger charge is -2.04. The summed E-state index contributed by atoms with van der Waals surface area (Å²) in [5, 5.41) is 8.00. The molecule has 0 amide bonds. The number of benzene rings is 1. The molecule has 2 rings (SSSR count). The highest BCUT2D eigenvalue weighted by atomic mass is 35.5. The summed E-state index contributed by atoms with van der Waals surface area (Å²) in [6, 6.07) is 9.50. The van der Waals surface area contributed by atoms with E-state index in [-0.39, 0.29) is 5.15 Å². The second kappa shape index (κ2) is 5.01. The number of rotatable bonds is 3. The third kappa shape index (κ3) is 2.85. The zero-order valence-corrected chi connectivity index (χ0v) is 10.1. The van der Waals surface area contributed by atoms with Gasteiger partial charge in [0.15, 0.2) is 5.15 Å². The van der Waals surface area contributed by atoms with Gasteiger partial charge in [0, 0.05) is 6.42 Å². The molecule has 0 bridgehead atoms. The predicted octanol–water partition coefficient (Wildman–Crippen LogP) is 2.31. The summed E-state index contributed by atoms with van der Waals surface area (Å²) in [6.45, 7) is 0. The summed E-state index contributed by atoms with van der Waals surface area (Å²) in [5.41, 5.74) is 7.98. The van der Waals surface area contributed by atoms with Crippen molar-refractivity contribution in [1.82, 2.24) is 10.2 Å². The van der Waals surface area contributed by atoms with Gasteiger partial charge in [-0.05, 0) is 23.8 Å². The van der Waals surface area contributed by atoms with Crippen LogP contribution in [0.15, 0.2) is 30.3 Å². The molecule has 1 aromatic carbocycles. The number of nitrogens with two attached hydrogens (primary N) is 1. The predicted molar refractivity (Wildman–Crippen MR) is 67.3 cm³/mol. The van der Waals surface area contributed by atoms with Crippen molar-refractivity contribution < 1.29 is 4.74 Å². The quantitative estimate of drug-likeness (QED) is 0.907. The molecule has 0 radical (unpaired) electrons. The fourth-order valence-electron chi connectivity index (χ4n) is 1.51. The van der Waals surface area contributed by atoms with Crippen LogP contribution >= 0.6 is 11.6 Å². The number of hydrogen-bond donors (Lipinski definition) is 1. The van der Waals surface area contributed by atoms with Gasteiger partial charge in [-0.15, -0.1) is 5.10 Å². The Balaban J connectivity index is 2.22. The minimum absolute atomic E-state index is 0.236. The Morgan fingerprint density at radius 1 is 1.29 bits per heavy atom. The summed E-state index contributed by atoms with van der Waals surface area (Å²) in [6.07, 6.45) is 0.644. The third-order valence-corrected chi connectivity index (χ3v) is 2.64. The van der Waals surface area contributed by atoms with E-state index >= 15 is 0 Å². The standard InChI is InChI=1S/C12H12ClN3O/c1-17-10-4-2-3-8(6-10)5-9-7-11(14)12(13)16-15-9/h2-4,6-7H,5H2,1H3,(H2,14,15). The van der Waals surface area contributed by atoms with Crippen molar-refractivity contribution in [3.8, 4) is 5.75 Å². The summed E-state index contributed by atoms with van der Waals surface area (Å²) < 4.78 is 5.15. The summed E-state index contributed by atoms with van der Waals surface area (Å²) in [4.78, 5) is 0. The van der Waals surface area contributed by atoms with Crippen LogP contribution in [-0.4, -0.2) is 17.3 Å². The smallest absolute Gasteiger partial charge is 0.174 e. The Kier molecular flexibility index (Phi) is 3.44. The Morgan fingerprint density at radius 2 is 2.12 bits per heavy atom. The lowest BCUT2D eigenvalue weighted by molar-refractivity contribution is 0.414. The van der Waals surface area contributed by atoms with E-state index in [2.05, 4.69) is 10.2 Å². The summed E-state index contributed by atoms with van der Waals surface area (Å²) in [7, 11) is 1.64. The zero-order chi connectivity index (χ0) is 12.3. The summed E-state index contributed by atoms with van der Waals surface area (Å²) >= 11 is 5.71. The Bertz CT molecular complexity index is 531. The third-order valence-electron chi connectivity index (χ3n) is 2.35. The second-order valence-electron chi connectivity index (χ2n) is 3.61. The lowest BCUT2D eigenvalue weighted by atomic mass is 10.1. The zero-order valence-electron chi connectivity index (χ0n) is 9.35. The Hall–Kier alpha value is -1.81. The maximum absolute atomic E-state index is 5.71. The highest BCUT2D eigenvalue weighted by molar-refractivity contribution is 6.31. The molecule has 0 fully saturated rings. The largest absolute Gasteiger partial charge is 0.497 e. The van der Waals surface area contributed by atoms with Gasteiger partial charge in [-0.1, -0.05) is 23.7 Å². The number of aromatic nitrogens is 2. The molecule has 0 spiro atoms. The molecule has 2 N–H and O–H groups in total.